The summed E-state index contributed by atoms with van der Waals surface area (Å²) in [5.74, 6) is 1.92. The van der Waals surface area contributed by atoms with Crippen LogP contribution in [0.1, 0.15) is 50.2 Å². The average molecular weight is 244 g/mol. The molecule has 0 bridgehead atoms. The van der Waals surface area contributed by atoms with Gasteiger partial charge in [0.15, 0.2) is 11.5 Å². The van der Waals surface area contributed by atoms with Gasteiger partial charge < -0.3 is 9.84 Å². The number of aryl methyl sites for hydroxylation is 1. The van der Waals surface area contributed by atoms with E-state index in [2.05, 4.69) is 13.0 Å². The minimum Gasteiger partial charge on any atom is -0.504 e. The quantitative estimate of drug-likeness (QED) is 0.818. The zero-order chi connectivity index (χ0) is 12.3. The fourth-order valence-electron chi connectivity index (χ4n) is 4.87. The molecule has 2 nitrogen and oxygen atoms in total. The van der Waals surface area contributed by atoms with E-state index in [9.17, 15) is 5.11 Å². The fraction of sp³-hybridized carbons (Fsp3) is 0.625. The van der Waals surface area contributed by atoms with Gasteiger partial charge in [0.25, 0.3) is 0 Å². The standard InChI is InChI=1S/C16H20O2/c1-2-16-11-4-3-5-13(16)18-15-12(17)9-7-10(6-8-11)14(15)16/h7,9,11,13,17H,2-6,8H2,1H3/t11?,13-,16+/m1/s1. The van der Waals surface area contributed by atoms with Gasteiger partial charge in [-0.2, -0.15) is 0 Å². The summed E-state index contributed by atoms with van der Waals surface area (Å²) in [7, 11) is 0. The molecule has 0 radical (unpaired) electrons. The van der Waals surface area contributed by atoms with Gasteiger partial charge in [0.1, 0.15) is 6.10 Å². The molecule has 0 amide bonds. The van der Waals surface area contributed by atoms with Gasteiger partial charge in [-0.05, 0) is 56.1 Å². The van der Waals surface area contributed by atoms with Gasteiger partial charge in [-0.1, -0.05) is 13.0 Å². The zero-order valence-electron chi connectivity index (χ0n) is 10.9. The van der Waals surface area contributed by atoms with E-state index < -0.39 is 0 Å². The Kier molecular flexibility index (Phi) is 2.04. The molecule has 1 unspecified atom stereocenters. The van der Waals surface area contributed by atoms with Gasteiger partial charge in [-0.25, -0.2) is 0 Å². The van der Waals surface area contributed by atoms with E-state index in [0.29, 0.717) is 11.9 Å². The molecule has 1 aromatic rings. The van der Waals surface area contributed by atoms with Crippen molar-refractivity contribution in [3.63, 3.8) is 0 Å². The van der Waals surface area contributed by atoms with Crippen molar-refractivity contribution >= 4 is 0 Å². The van der Waals surface area contributed by atoms with Gasteiger partial charge in [0.05, 0.1) is 0 Å². The zero-order valence-corrected chi connectivity index (χ0v) is 10.9. The largest absolute Gasteiger partial charge is 0.504 e. The summed E-state index contributed by atoms with van der Waals surface area (Å²) >= 11 is 0. The Morgan fingerprint density at radius 1 is 1.33 bits per heavy atom. The van der Waals surface area contributed by atoms with Gasteiger partial charge in [-0.3, -0.25) is 0 Å². The highest BCUT2D eigenvalue weighted by molar-refractivity contribution is 5.59. The molecule has 1 fully saturated rings. The fourth-order valence-corrected chi connectivity index (χ4v) is 4.87. The SMILES string of the molecule is CC[C@@]12c3c4ccc(O)c3O[C@@H]1CCCC2CC4. The van der Waals surface area contributed by atoms with Crippen LogP contribution in [0.4, 0.5) is 0 Å². The van der Waals surface area contributed by atoms with Crippen LogP contribution in [0.5, 0.6) is 11.5 Å². The first kappa shape index (κ1) is 10.7. The number of phenolic OH excluding ortho intramolecular Hbond substituents is 1. The third kappa shape index (κ3) is 1.05. The summed E-state index contributed by atoms with van der Waals surface area (Å²) in [5.41, 5.74) is 3.00. The van der Waals surface area contributed by atoms with Gasteiger partial charge in [0.2, 0.25) is 0 Å². The van der Waals surface area contributed by atoms with Crippen molar-refractivity contribution in [2.45, 2.75) is 57.0 Å². The predicted octanol–water partition coefficient (Wildman–Crippen LogP) is 3.55. The highest BCUT2D eigenvalue weighted by atomic mass is 16.5. The lowest BCUT2D eigenvalue weighted by Gasteiger charge is -2.47. The molecular formula is C16H20O2. The second-order valence-corrected chi connectivity index (χ2v) is 6.11. The molecule has 1 aromatic carbocycles. The minimum absolute atomic E-state index is 0.208. The smallest absolute Gasteiger partial charge is 0.165 e. The van der Waals surface area contributed by atoms with Gasteiger partial charge in [0, 0.05) is 11.0 Å². The van der Waals surface area contributed by atoms with E-state index in [1.165, 1.54) is 30.4 Å². The van der Waals surface area contributed by atoms with Crippen LogP contribution in [-0.2, 0) is 11.8 Å². The first-order valence-electron chi connectivity index (χ1n) is 7.29. The summed E-state index contributed by atoms with van der Waals surface area (Å²) in [6.45, 7) is 2.29. The van der Waals surface area contributed by atoms with E-state index in [1.54, 1.807) is 0 Å². The number of hydrogen-bond acceptors (Lipinski definition) is 2. The summed E-state index contributed by atoms with van der Waals surface area (Å²) in [6.07, 6.45) is 7.67. The molecule has 96 valence electrons. The molecule has 2 aliphatic carbocycles. The van der Waals surface area contributed by atoms with Crippen LogP contribution in [0.15, 0.2) is 12.1 Å². The number of ether oxygens (including phenoxy) is 1. The van der Waals surface area contributed by atoms with Crippen molar-refractivity contribution in [3.05, 3.63) is 23.3 Å². The van der Waals surface area contributed by atoms with E-state index in [4.69, 9.17) is 4.74 Å². The van der Waals surface area contributed by atoms with Gasteiger partial charge >= 0.3 is 0 Å². The number of hydrogen-bond donors (Lipinski definition) is 1. The van der Waals surface area contributed by atoms with E-state index in [1.807, 2.05) is 6.07 Å². The van der Waals surface area contributed by atoms with Crippen LogP contribution in [0.2, 0.25) is 0 Å². The molecule has 1 N–H and O–H groups in total. The number of aromatic hydroxyl groups is 1. The number of benzene rings is 1. The normalized spacial score (nSPS) is 36.1. The maximum Gasteiger partial charge on any atom is 0.165 e. The molecule has 1 aliphatic heterocycles. The second-order valence-electron chi connectivity index (χ2n) is 6.11. The maximum atomic E-state index is 10.1. The lowest BCUT2D eigenvalue weighted by molar-refractivity contribution is 0.0404. The molecular weight excluding hydrogens is 224 g/mol. The minimum atomic E-state index is 0.208. The molecule has 3 atom stereocenters. The second kappa shape index (κ2) is 3.43. The lowest BCUT2D eigenvalue weighted by Crippen LogP contribution is -2.49. The monoisotopic (exact) mass is 244 g/mol. The van der Waals surface area contributed by atoms with Crippen molar-refractivity contribution < 1.29 is 9.84 Å². The third-order valence-electron chi connectivity index (χ3n) is 5.62. The molecule has 2 heteroatoms. The third-order valence-corrected chi connectivity index (χ3v) is 5.62. The van der Waals surface area contributed by atoms with Gasteiger partial charge in [-0.15, -0.1) is 0 Å². The Morgan fingerprint density at radius 2 is 2.22 bits per heavy atom. The lowest BCUT2D eigenvalue weighted by atomic mass is 9.55. The van der Waals surface area contributed by atoms with E-state index in [-0.39, 0.29) is 5.41 Å². The van der Waals surface area contributed by atoms with Crippen LogP contribution < -0.4 is 4.74 Å². The molecule has 18 heavy (non-hydrogen) atoms. The van der Waals surface area contributed by atoms with Crippen molar-refractivity contribution in [2.75, 3.05) is 0 Å². The molecule has 0 saturated heterocycles. The summed E-state index contributed by atoms with van der Waals surface area (Å²) in [6, 6.07) is 3.93. The summed E-state index contributed by atoms with van der Waals surface area (Å²) < 4.78 is 6.18. The molecule has 3 aliphatic rings. The first-order chi connectivity index (χ1) is 8.77. The Morgan fingerprint density at radius 3 is 3.06 bits per heavy atom. The Hall–Kier alpha value is -1.18. The highest BCUT2D eigenvalue weighted by Crippen LogP contribution is 2.61. The maximum absolute atomic E-state index is 10.1. The summed E-state index contributed by atoms with van der Waals surface area (Å²) in [5, 5.41) is 10.1. The van der Waals surface area contributed by atoms with Crippen molar-refractivity contribution in [2.24, 2.45) is 5.92 Å². The van der Waals surface area contributed by atoms with Crippen LogP contribution in [0.25, 0.3) is 0 Å². The molecule has 4 rings (SSSR count). The predicted molar refractivity (Wildman–Crippen MR) is 70.2 cm³/mol. The van der Waals surface area contributed by atoms with Crippen LogP contribution in [0, 0.1) is 5.92 Å². The van der Waals surface area contributed by atoms with Crippen molar-refractivity contribution in [3.8, 4) is 11.5 Å². The molecule has 1 saturated carbocycles. The van der Waals surface area contributed by atoms with Crippen LogP contribution in [-0.4, -0.2) is 11.2 Å². The van der Waals surface area contributed by atoms with E-state index >= 15 is 0 Å². The summed E-state index contributed by atoms with van der Waals surface area (Å²) in [4.78, 5) is 0. The topological polar surface area (TPSA) is 29.5 Å². The molecule has 0 spiro atoms. The average Bonchev–Trinajstić information content (AvgIpc) is 2.76. The van der Waals surface area contributed by atoms with Crippen molar-refractivity contribution in [1.29, 1.82) is 0 Å². The highest BCUT2D eigenvalue weighted by Gasteiger charge is 2.57. The van der Waals surface area contributed by atoms with Crippen molar-refractivity contribution in [1.82, 2.24) is 0 Å². The Balaban J connectivity index is 2.01. The Bertz CT molecular complexity index is 508. The first-order valence-corrected chi connectivity index (χ1v) is 7.29. The van der Waals surface area contributed by atoms with Crippen LogP contribution >= 0.6 is 0 Å². The number of phenols is 1. The molecule has 1 heterocycles. The Labute approximate surface area is 108 Å². The van der Waals surface area contributed by atoms with E-state index in [0.717, 1.165) is 30.9 Å². The molecule has 0 aromatic heterocycles. The number of rotatable bonds is 1. The van der Waals surface area contributed by atoms with Crippen LogP contribution in [0.3, 0.4) is 0 Å².